The van der Waals surface area contributed by atoms with E-state index in [1.54, 1.807) is 0 Å². The molecule has 0 spiro atoms. The van der Waals surface area contributed by atoms with Gasteiger partial charge in [0.25, 0.3) is 0 Å². The lowest BCUT2D eigenvalue weighted by Gasteiger charge is -2.20. The summed E-state index contributed by atoms with van der Waals surface area (Å²) in [5, 5.41) is 3.55. The van der Waals surface area contributed by atoms with Gasteiger partial charge in [-0.05, 0) is 43.6 Å². The monoisotopic (exact) mass is 324 g/mol. The van der Waals surface area contributed by atoms with Crippen molar-refractivity contribution in [2.45, 2.75) is 32.3 Å². The summed E-state index contributed by atoms with van der Waals surface area (Å²) in [6.07, 6.45) is 5.47. The first-order valence-corrected chi connectivity index (χ1v) is 9.14. The first kappa shape index (κ1) is 16.8. The van der Waals surface area contributed by atoms with E-state index in [0.717, 1.165) is 24.5 Å². The van der Waals surface area contributed by atoms with Gasteiger partial charge in [0, 0.05) is 13.1 Å². The normalized spacial score (nSPS) is 15.7. The van der Waals surface area contributed by atoms with Crippen molar-refractivity contribution < 1.29 is 4.74 Å². The molecule has 3 heteroatoms. The maximum atomic E-state index is 6.01. The average molecular weight is 324 g/mol. The predicted molar refractivity (Wildman–Crippen MR) is 101 cm³/mol. The Morgan fingerprint density at radius 3 is 2.33 bits per heavy atom. The van der Waals surface area contributed by atoms with Crippen LogP contribution in [0.2, 0.25) is 0 Å². The van der Waals surface area contributed by atoms with Crippen molar-refractivity contribution in [3.63, 3.8) is 0 Å². The van der Waals surface area contributed by atoms with Crippen LogP contribution in [0.25, 0.3) is 0 Å². The number of ether oxygens (including phenoxy) is 1. The molecule has 0 bridgehead atoms. The minimum absolute atomic E-state index is 0.603. The second kappa shape index (κ2) is 9.33. The zero-order chi connectivity index (χ0) is 16.5. The molecule has 0 atom stereocenters. The van der Waals surface area contributed by atoms with Gasteiger partial charge in [-0.3, -0.25) is 0 Å². The van der Waals surface area contributed by atoms with Crippen LogP contribution in [-0.2, 0) is 6.61 Å². The fraction of sp³-hybridized carbons (Fsp3) is 0.429. The van der Waals surface area contributed by atoms with Crippen LogP contribution in [0.5, 0.6) is 5.75 Å². The molecular formula is C21H28N2O. The molecule has 1 fully saturated rings. The molecule has 128 valence electrons. The Bertz CT molecular complexity index is 592. The van der Waals surface area contributed by atoms with Crippen molar-refractivity contribution >= 4 is 5.69 Å². The molecule has 0 saturated carbocycles. The van der Waals surface area contributed by atoms with E-state index in [0.29, 0.717) is 6.61 Å². The van der Waals surface area contributed by atoms with E-state index < -0.39 is 0 Å². The van der Waals surface area contributed by atoms with E-state index in [1.165, 1.54) is 44.3 Å². The Morgan fingerprint density at radius 2 is 1.54 bits per heavy atom. The molecule has 24 heavy (non-hydrogen) atoms. The molecule has 2 aromatic rings. The van der Waals surface area contributed by atoms with Crippen LogP contribution in [0.4, 0.5) is 5.69 Å². The van der Waals surface area contributed by atoms with E-state index in [4.69, 9.17) is 4.74 Å². The number of rotatable bonds is 7. The van der Waals surface area contributed by atoms with Crippen LogP contribution < -0.4 is 10.1 Å². The van der Waals surface area contributed by atoms with E-state index in [9.17, 15) is 0 Å². The first-order chi connectivity index (χ1) is 11.9. The summed E-state index contributed by atoms with van der Waals surface area (Å²) in [5.74, 6) is 0.928. The van der Waals surface area contributed by atoms with Gasteiger partial charge in [-0.15, -0.1) is 0 Å². The Labute approximate surface area is 145 Å². The number of nitrogens with one attached hydrogen (secondary N) is 1. The second-order valence-electron chi connectivity index (χ2n) is 6.45. The Morgan fingerprint density at radius 1 is 0.833 bits per heavy atom. The molecule has 2 aromatic carbocycles. The minimum Gasteiger partial charge on any atom is -0.487 e. The third kappa shape index (κ3) is 5.27. The Hall–Kier alpha value is -2.00. The van der Waals surface area contributed by atoms with Crippen LogP contribution in [0.1, 0.15) is 31.2 Å². The highest BCUT2D eigenvalue weighted by molar-refractivity contribution is 5.56. The Kier molecular flexibility index (Phi) is 6.55. The number of benzene rings is 2. The summed E-state index contributed by atoms with van der Waals surface area (Å²) in [7, 11) is 0. The first-order valence-electron chi connectivity index (χ1n) is 9.14. The lowest BCUT2D eigenvalue weighted by molar-refractivity contribution is 0.295. The highest BCUT2D eigenvalue weighted by Crippen LogP contribution is 2.24. The van der Waals surface area contributed by atoms with Crippen molar-refractivity contribution in [1.29, 1.82) is 0 Å². The van der Waals surface area contributed by atoms with Gasteiger partial charge in [-0.1, -0.05) is 55.3 Å². The highest BCUT2D eigenvalue weighted by Gasteiger charge is 2.09. The molecule has 1 aliphatic heterocycles. The predicted octanol–water partition coefficient (Wildman–Crippen LogP) is 4.55. The fourth-order valence-corrected chi connectivity index (χ4v) is 3.18. The molecule has 1 saturated heterocycles. The topological polar surface area (TPSA) is 24.5 Å². The lowest BCUT2D eigenvalue weighted by atomic mass is 10.2. The van der Waals surface area contributed by atoms with Crippen molar-refractivity contribution in [1.82, 2.24) is 4.90 Å². The summed E-state index contributed by atoms with van der Waals surface area (Å²) in [5.41, 5.74) is 2.28. The molecule has 3 nitrogen and oxygen atoms in total. The van der Waals surface area contributed by atoms with E-state index in [-0.39, 0.29) is 0 Å². The minimum atomic E-state index is 0.603. The van der Waals surface area contributed by atoms with Gasteiger partial charge >= 0.3 is 0 Å². The van der Waals surface area contributed by atoms with Crippen molar-refractivity contribution in [2.24, 2.45) is 0 Å². The van der Waals surface area contributed by atoms with Gasteiger partial charge < -0.3 is 15.0 Å². The van der Waals surface area contributed by atoms with Crippen LogP contribution in [-0.4, -0.2) is 31.1 Å². The molecule has 0 amide bonds. The number of hydrogen-bond donors (Lipinski definition) is 1. The number of anilines is 1. The van der Waals surface area contributed by atoms with Crippen LogP contribution in [0.15, 0.2) is 54.6 Å². The van der Waals surface area contributed by atoms with Crippen LogP contribution >= 0.6 is 0 Å². The molecule has 3 rings (SSSR count). The Balaban J connectivity index is 1.50. The number of hydrogen-bond acceptors (Lipinski definition) is 3. The summed E-state index contributed by atoms with van der Waals surface area (Å²) in [6, 6.07) is 18.5. The van der Waals surface area contributed by atoms with E-state index in [1.807, 2.05) is 30.3 Å². The van der Waals surface area contributed by atoms with Gasteiger partial charge in [0.15, 0.2) is 0 Å². The molecule has 0 aromatic heterocycles. The van der Waals surface area contributed by atoms with Gasteiger partial charge in [0.05, 0.1) is 5.69 Å². The van der Waals surface area contributed by atoms with Gasteiger partial charge in [-0.2, -0.15) is 0 Å². The maximum Gasteiger partial charge on any atom is 0.142 e. The zero-order valence-electron chi connectivity index (χ0n) is 14.4. The van der Waals surface area contributed by atoms with E-state index in [2.05, 4.69) is 34.5 Å². The standard InChI is InChI=1S/C21H28N2O/c1-2-9-16-23(15-8-1)17-14-22-20-12-6-7-13-21(20)24-18-19-10-4-3-5-11-19/h3-7,10-13,22H,1-2,8-9,14-18H2. The third-order valence-corrected chi connectivity index (χ3v) is 4.57. The van der Waals surface area contributed by atoms with E-state index >= 15 is 0 Å². The molecular weight excluding hydrogens is 296 g/mol. The van der Waals surface area contributed by atoms with Gasteiger partial charge in [-0.25, -0.2) is 0 Å². The zero-order valence-corrected chi connectivity index (χ0v) is 14.4. The molecule has 0 radical (unpaired) electrons. The maximum absolute atomic E-state index is 6.01. The summed E-state index contributed by atoms with van der Waals surface area (Å²) < 4.78 is 6.01. The van der Waals surface area contributed by atoms with Crippen molar-refractivity contribution in [2.75, 3.05) is 31.5 Å². The molecule has 1 N–H and O–H groups in total. The molecule has 1 aliphatic rings. The largest absolute Gasteiger partial charge is 0.487 e. The fourth-order valence-electron chi connectivity index (χ4n) is 3.18. The molecule has 0 aliphatic carbocycles. The highest BCUT2D eigenvalue weighted by atomic mass is 16.5. The van der Waals surface area contributed by atoms with Crippen molar-refractivity contribution in [3.05, 3.63) is 60.2 Å². The van der Waals surface area contributed by atoms with Crippen LogP contribution in [0, 0.1) is 0 Å². The number of para-hydroxylation sites is 2. The number of likely N-dealkylation sites (tertiary alicyclic amines) is 1. The van der Waals surface area contributed by atoms with Crippen molar-refractivity contribution in [3.8, 4) is 5.75 Å². The SMILES string of the molecule is c1ccc(COc2ccccc2NCCN2CCCCCC2)cc1. The second-order valence-corrected chi connectivity index (χ2v) is 6.45. The summed E-state index contributed by atoms with van der Waals surface area (Å²) in [6.45, 7) is 5.16. The molecule has 1 heterocycles. The summed E-state index contributed by atoms with van der Waals surface area (Å²) >= 11 is 0. The van der Waals surface area contributed by atoms with Crippen LogP contribution in [0.3, 0.4) is 0 Å². The smallest absolute Gasteiger partial charge is 0.142 e. The quantitative estimate of drug-likeness (QED) is 0.808. The van der Waals surface area contributed by atoms with Gasteiger partial charge in [0.1, 0.15) is 12.4 Å². The van der Waals surface area contributed by atoms with Gasteiger partial charge in [0.2, 0.25) is 0 Å². The average Bonchev–Trinajstić information content (AvgIpc) is 2.91. The third-order valence-electron chi connectivity index (χ3n) is 4.57. The summed E-state index contributed by atoms with van der Waals surface area (Å²) in [4.78, 5) is 2.58. The molecule has 0 unspecified atom stereocenters. The number of nitrogens with zero attached hydrogens (tertiary/aromatic N) is 1. The lowest BCUT2D eigenvalue weighted by Crippen LogP contribution is -2.30.